The van der Waals surface area contributed by atoms with E-state index in [1.165, 1.54) is 0 Å². The first-order chi connectivity index (χ1) is 16.5. The van der Waals surface area contributed by atoms with E-state index in [1.807, 2.05) is 51.1 Å². The van der Waals surface area contributed by atoms with Crippen molar-refractivity contribution >= 4 is 5.97 Å². The molecule has 0 bridgehead atoms. The maximum absolute atomic E-state index is 11.7. The van der Waals surface area contributed by atoms with Crippen LogP contribution >= 0.6 is 0 Å². The summed E-state index contributed by atoms with van der Waals surface area (Å²) in [5.74, 6) is 0.643. The summed E-state index contributed by atoms with van der Waals surface area (Å²) in [6.07, 6.45) is 7.92. The summed E-state index contributed by atoms with van der Waals surface area (Å²) >= 11 is 0. The van der Waals surface area contributed by atoms with Crippen LogP contribution in [0.15, 0.2) is 61.2 Å². The number of ether oxygens (including phenoxy) is 1. The Morgan fingerprint density at radius 1 is 0.971 bits per heavy atom. The zero-order valence-electron chi connectivity index (χ0n) is 19.4. The molecule has 34 heavy (non-hydrogen) atoms. The number of aromatic nitrogens is 5. The molecule has 4 aromatic rings. The van der Waals surface area contributed by atoms with Gasteiger partial charge >= 0.3 is 5.97 Å². The van der Waals surface area contributed by atoms with Crippen molar-refractivity contribution < 1.29 is 14.6 Å². The Bertz CT molecular complexity index is 1270. The molecule has 2 N–H and O–H groups in total. The van der Waals surface area contributed by atoms with Crippen LogP contribution in [0.2, 0.25) is 0 Å². The number of aromatic amines is 1. The van der Waals surface area contributed by atoms with Crippen LogP contribution in [0, 0.1) is 12.3 Å². The molecule has 0 aliphatic carbocycles. The molecule has 0 atom stereocenters. The van der Waals surface area contributed by atoms with Gasteiger partial charge in [0, 0.05) is 35.8 Å². The van der Waals surface area contributed by atoms with Crippen molar-refractivity contribution in [2.45, 2.75) is 33.6 Å². The Balaban J connectivity index is 1.49. The lowest BCUT2D eigenvalue weighted by Crippen LogP contribution is -2.36. The van der Waals surface area contributed by atoms with Crippen molar-refractivity contribution in [2.75, 3.05) is 6.61 Å². The molecule has 0 saturated carbocycles. The van der Waals surface area contributed by atoms with E-state index >= 15 is 0 Å². The molecule has 0 fully saturated rings. The molecule has 0 aliphatic rings. The number of carboxylic acids is 1. The Labute approximate surface area is 198 Å². The number of aliphatic carboxylic acids is 1. The summed E-state index contributed by atoms with van der Waals surface area (Å²) in [5.41, 5.74) is 3.65. The van der Waals surface area contributed by atoms with Crippen LogP contribution < -0.4 is 4.74 Å². The van der Waals surface area contributed by atoms with E-state index in [4.69, 9.17) is 4.74 Å². The second kappa shape index (κ2) is 9.82. The minimum absolute atomic E-state index is 0.0764. The molecule has 0 unspecified atom stereocenters. The molecule has 174 valence electrons. The van der Waals surface area contributed by atoms with Gasteiger partial charge in [0.05, 0.1) is 11.9 Å². The predicted molar refractivity (Wildman–Crippen MR) is 129 cm³/mol. The summed E-state index contributed by atoms with van der Waals surface area (Å²) in [6.45, 7) is 5.74. The monoisotopic (exact) mass is 457 g/mol. The van der Waals surface area contributed by atoms with Gasteiger partial charge in [0.2, 0.25) is 5.88 Å². The van der Waals surface area contributed by atoms with Crippen molar-refractivity contribution in [3.8, 4) is 39.9 Å². The molecule has 3 heterocycles. The van der Waals surface area contributed by atoms with Gasteiger partial charge in [-0.1, -0.05) is 44.2 Å². The normalized spacial score (nSPS) is 11.4. The number of hydrogen-bond donors (Lipinski definition) is 2. The van der Waals surface area contributed by atoms with Crippen molar-refractivity contribution in [1.29, 1.82) is 0 Å². The Morgan fingerprint density at radius 2 is 1.68 bits per heavy atom. The van der Waals surface area contributed by atoms with Crippen molar-refractivity contribution in [3.63, 3.8) is 0 Å². The van der Waals surface area contributed by atoms with Crippen LogP contribution in [-0.4, -0.2) is 42.6 Å². The summed E-state index contributed by atoms with van der Waals surface area (Å²) in [5, 5.41) is 9.59. The van der Waals surface area contributed by atoms with E-state index in [9.17, 15) is 9.90 Å². The van der Waals surface area contributed by atoms with E-state index in [0.29, 0.717) is 30.4 Å². The van der Waals surface area contributed by atoms with Crippen molar-refractivity contribution in [1.82, 2.24) is 24.9 Å². The Hall–Kier alpha value is -4.07. The van der Waals surface area contributed by atoms with Crippen molar-refractivity contribution in [2.24, 2.45) is 5.41 Å². The van der Waals surface area contributed by atoms with E-state index in [1.54, 1.807) is 30.9 Å². The van der Waals surface area contributed by atoms with E-state index in [2.05, 4.69) is 24.9 Å². The fraction of sp³-hybridized carbons (Fsp3) is 0.269. The molecule has 0 spiro atoms. The summed E-state index contributed by atoms with van der Waals surface area (Å²) < 4.78 is 5.77. The molecule has 1 aromatic carbocycles. The van der Waals surface area contributed by atoms with Gasteiger partial charge in [-0.25, -0.2) is 19.9 Å². The number of nitrogens with zero attached hydrogens (tertiary/aromatic N) is 4. The zero-order chi connectivity index (χ0) is 24.1. The maximum Gasteiger partial charge on any atom is 0.313 e. The highest BCUT2D eigenvalue weighted by Gasteiger charge is 2.36. The summed E-state index contributed by atoms with van der Waals surface area (Å²) in [7, 11) is 0. The van der Waals surface area contributed by atoms with Crippen molar-refractivity contribution in [3.05, 3.63) is 66.7 Å². The van der Waals surface area contributed by atoms with Gasteiger partial charge in [0.1, 0.15) is 12.0 Å². The first-order valence-corrected chi connectivity index (χ1v) is 11.2. The molecule has 0 radical (unpaired) electrons. The smallest absolute Gasteiger partial charge is 0.313 e. The maximum atomic E-state index is 11.7. The molecule has 0 amide bonds. The fourth-order valence-corrected chi connectivity index (χ4v) is 3.73. The number of hydrogen-bond acceptors (Lipinski definition) is 6. The average molecular weight is 458 g/mol. The van der Waals surface area contributed by atoms with Gasteiger partial charge in [0.15, 0.2) is 11.6 Å². The lowest BCUT2D eigenvalue weighted by Gasteiger charge is -2.26. The zero-order valence-corrected chi connectivity index (χ0v) is 19.4. The molecule has 8 nitrogen and oxygen atoms in total. The van der Waals surface area contributed by atoms with Crippen LogP contribution in [0.4, 0.5) is 0 Å². The SMILES string of the molecule is CCC(CC)(COc1cc(C)c(-c2cnc(-c3ncc(-c4ccccc4)[nH]3)nc2)cn1)C(=O)O. The minimum atomic E-state index is -0.913. The second-order valence-electron chi connectivity index (χ2n) is 8.23. The molecule has 8 heteroatoms. The highest BCUT2D eigenvalue weighted by molar-refractivity contribution is 5.74. The topological polar surface area (TPSA) is 114 Å². The van der Waals surface area contributed by atoms with Gasteiger partial charge < -0.3 is 14.8 Å². The first-order valence-electron chi connectivity index (χ1n) is 11.2. The number of aryl methyl sites for hydroxylation is 1. The minimum Gasteiger partial charge on any atom is -0.481 e. The molecule has 3 aromatic heterocycles. The number of H-pyrrole nitrogens is 1. The third-order valence-electron chi connectivity index (χ3n) is 6.22. The van der Waals surface area contributed by atoms with Gasteiger partial charge in [-0.05, 0) is 30.9 Å². The third-order valence-corrected chi connectivity index (χ3v) is 6.22. The van der Waals surface area contributed by atoms with E-state index in [0.717, 1.165) is 27.9 Å². The summed E-state index contributed by atoms with van der Waals surface area (Å²) in [6, 6.07) is 11.7. The van der Waals surface area contributed by atoms with Gasteiger partial charge in [0.25, 0.3) is 0 Å². The average Bonchev–Trinajstić information content (AvgIpc) is 3.36. The fourth-order valence-electron chi connectivity index (χ4n) is 3.73. The molecule has 0 saturated heterocycles. The van der Waals surface area contributed by atoms with Gasteiger partial charge in [-0.2, -0.15) is 0 Å². The number of pyridine rings is 1. The van der Waals surface area contributed by atoms with E-state index < -0.39 is 11.4 Å². The molecular formula is C26H27N5O3. The van der Waals surface area contributed by atoms with Gasteiger partial charge in [-0.3, -0.25) is 4.79 Å². The Kier molecular flexibility index (Phi) is 6.67. The van der Waals surface area contributed by atoms with Gasteiger partial charge in [-0.15, -0.1) is 0 Å². The number of nitrogens with one attached hydrogen (secondary N) is 1. The van der Waals surface area contributed by atoms with Crippen LogP contribution in [-0.2, 0) is 4.79 Å². The molecule has 4 rings (SSSR count). The number of imidazole rings is 1. The Morgan fingerprint density at radius 3 is 2.29 bits per heavy atom. The highest BCUT2D eigenvalue weighted by atomic mass is 16.5. The number of carbonyl (C=O) groups is 1. The highest BCUT2D eigenvalue weighted by Crippen LogP contribution is 2.29. The lowest BCUT2D eigenvalue weighted by molar-refractivity contribution is -0.151. The van der Waals surface area contributed by atoms with Crippen LogP contribution in [0.25, 0.3) is 34.0 Å². The number of carboxylic acid groups (broad SMARTS) is 1. The first kappa shape index (κ1) is 23.1. The van der Waals surface area contributed by atoms with Crippen LogP contribution in [0.3, 0.4) is 0 Å². The quantitative estimate of drug-likeness (QED) is 0.356. The third kappa shape index (κ3) is 4.66. The molecule has 0 aliphatic heterocycles. The number of benzene rings is 1. The largest absolute Gasteiger partial charge is 0.481 e. The predicted octanol–water partition coefficient (Wildman–Crippen LogP) is 5.17. The summed E-state index contributed by atoms with van der Waals surface area (Å²) in [4.78, 5) is 32.7. The second-order valence-corrected chi connectivity index (χ2v) is 8.23. The molecular weight excluding hydrogens is 430 g/mol. The van der Waals surface area contributed by atoms with Crippen LogP contribution in [0.5, 0.6) is 5.88 Å². The lowest BCUT2D eigenvalue weighted by atomic mass is 9.83. The van der Waals surface area contributed by atoms with Crippen LogP contribution in [0.1, 0.15) is 32.3 Å². The van der Waals surface area contributed by atoms with E-state index in [-0.39, 0.29) is 6.61 Å². The standard InChI is InChI=1S/C26H27N5O3/c1-4-26(5-2,25(32)33)16-34-22-11-17(3)20(14-27-22)19-12-28-23(29-13-19)24-30-15-21(31-24)18-9-7-6-8-10-18/h6-15H,4-5,16H2,1-3H3,(H,30,31)(H,32,33). The number of rotatable bonds is 9.